The summed E-state index contributed by atoms with van der Waals surface area (Å²) in [4.78, 5) is 2.32. The van der Waals surface area contributed by atoms with Crippen molar-refractivity contribution < 1.29 is 8.42 Å². The highest BCUT2D eigenvalue weighted by molar-refractivity contribution is 7.91. The number of hydrogen-bond acceptors (Lipinski definition) is 4. The van der Waals surface area contributed by atoms with Gasteiger partial charge in [0.1, 0.15) is 0 Å². The number of rotatable bonds is 3. The molecule has 1 atom stereocenters. The van der Waals surface area contributed by atoms with Crippen LogP contribution in [0.2, 0.25) is 0 Å². The van der Waals surface area contributed by atoms with Gasteiger partial charge in [-0.05, 0) is 50.5 Å². The van der Waals surface area contributed by atoms with Crippen LogP contribution in [0.15, 0.2) is 0 Å². The van der Waals surface area contributed by atoms with Crippen LogP contribution in [0.4, 0.5) is 0 Å². The zero-order chi connectivity index (χ0) is 15.9. The lowest BCUT2D eigenvalue weighted by atomic mass is 9.66. The van der Waals surface area contributed by atoms with Crippen LogP contribution in [0.1, 0.15) is 52.9 Å². The molecule has 0 aromatic heterocycles. The van der Waals surface area contributed by atoms with Crippen molar-refractivity contribution in [2.45, 2.75) is 64.5 Å². The standard InChI is InChI=1S/C16H32N2O2S/c1-15(2,3)13-5-8-16(12-17,9-6-13)18(4)14-7-10-21(19,20)11-14/h13-14H,5-12,17H2,1-4H3. The molecule has 2 fully saturated rings. The van der Waals surface area contributed by atoms with Crippen LogP contribution >= 0.6 is 0 Å². The van der Waals surface area contributed by atoms with Crippen LogP contribution in [0.25, 0.3) is 0 Å². The van der Waals surface area contributed by atoms with E-state index in [9.17, 15) is 8.42 Å². The maximum Gasteiger partial charge on any atom is 0.151 e. The molecule has 4 nitrogen and oxygen atoms in total. The van der Waals surface area contributed by atoms with Crippen molar-refractivity contribution in [2.24, 2.45) is 17.1 Å². The highest BCUT2D eigenvalue weighted by atomic mass is 32.2. The second-order valence-corrected chi connectivity index (χ2v) is 10.5. The zero-order valence-electron chi connectivity index (χ0n) is 14.1. The minimum Gasteiger partial charge on any atom is -0.329 e. The van der Waals surface area contributed by atoms with Gasteiger partial charge in [0.25, 0.3) is 0 Å². The average Bonchev–Trinajstić information content (AvgIpc) is 2.77. The molecule has 2 rings (SSSR count). The van der Waals surface area contributed by atoms with Gasteiger partial charge in [0.2, 0.25) is 0 Å². The highest BCUT2D eigenvalue weighted by Crippen LogP contribution is 2.44. The molecule has 124 valence electrons. The zero-order valence-corrected chi connectivity index (χ0v) is 14.9. The predicted octanol–water partition coefficient (Wildman–Crippen LogP) is 2.04. The van der Waals surface area contributed by atoms with Crippen molar-refractivity contribution in [3.8, 4) is 0 Å². The van der Waals surface area contributed by atoms with E-state index in [0.717, 1.165) is 25.2 Å². The summed E-state index contributed by atoms with van der Waals surface area (Å²) in [6.07, 6.45) is 5.36. The molecule has 0 aromatic carbocycles. The molecule has 1 aliphatic heterocycles. The molecule has 0 radical (unpaired) electrons. The number of hydrogen-bond donors (Lipinski definition) is 1. The van der Waals surface area contributed by atoms with E-state index in [4.69, 9.17) is 5.73 Å². The minimum absolute atomic E-state index is 0.00623. The van der Waals surface area contributed by atoms with Crippen LogP contribution in [-0.2, 0) is 9.84 Å². The fraction of sp³-hybridized carbons (Fsp3) is 1.00. The van der Waals surface area contributed by atoms with Gasteiger partial charge in [0.05, 0.1) is 11.5 Å². The Morgan fingerprint density at radius 1 is 1.19 bits per heavy atom. The Bertz CT molecular complexity index is 459. The minimum atomic E-state index is -2.83. The smallest absolute Gasteiger partial charge is 0.151 e. The molecule has 0 aromatic rings. The molecule has 5 heteroatoms. The predicted molar refractivity (Wildman–Crippen MR) is 88.0 cm³/mol. The van der Waals surface area contributed by atoms with Gasteiger partial charge in [0, 0.05) is 18.1 Å². The largest absolute Gasteiger partial charge is 0.329 e. The van der Waals surface area contributed by atoms with E-state index in [2.05, 4.69) is 32.7 Å². The quantitative estimate of drug-likeness (QED) is 0.865. The van der Waals surface area contributed by atoms with Crippen LogP contribution in [0.3, 0.4) is 0 Å². The summed E-state index contributed by atoms with van der Waals surface area (Å²) in [5.41, 5.74) is 6.50. The summed E-state index contributed by atoms with van der Waals surface area (Å²) < 4.78 is 23.5. The van der Waals surface area contributed by atoms with Crippen molar-refractivity contribution >= 4 is 9.84 Å². The summed E-state index contributed by atoms with van der Waals surface area (Å²) in [6.45, 7) is 7.60. The van der Waals surface area contributed by atoms with Gasteiger partial charge in [-0.3, -0.25) is 4.90 Å². The van der Waals surface area contributed by atoms with E-state index in [1.165, 1.54) is 12.8 Å². The van der Waals surface area contributed by atoms with Gasteiger partial charge in [0.15, 0.2) is 9.84 Å². The second kappa shape index (κ2) is 5.82. The Kier molecular flexibility index (Phi) is 4.77. The summed E-state index contributed by atoms with van der Waals surface area (Å²) in [7, 11) is -0.738. The molecular weight excluding hydrogens is 284 g/mol. The SMILES string of the molecule is CN(C1CCS(=O)(=O)C1)C1(CN)CCC(C(C)(C)C)CC1. The third kappa shape index (κ3) is 3.62. The Labute approximate surface area is 130 Å². The second-order valence-electron chi connectivity index (χ2n) is 8.24. The molecule has 1 saturated carbocycles. The third-order valence-corrected chi connectivity index (χ3v) is 7.78. The molecule has 1 aliphatic carbocycles. The van der Waals surface area contributed by atoms with E-state index in [1.807, 2.05) is 0 Å². The van der Waals surface area contributed by atoms with Crippen molar-refractivity contribution in [3.05, 3.63) is 0 Å². The van der Waals surface area contributed by atoms with Crippen molar-refractivity contribution in [3.63, 3.8) is 0 Å². The Morgan fingerprint density at radius 2 is 1.76 bits per heavy atom. The summed E-state index contributed by atoms with van der Waals surface area (Å²) >= 11 is 0. The van der Waals surface area contributed by atoms with Crippen LogP contribution < -0.4 is 5.73 Å². The number of likely N-dealkylation sites (N-methyl/N-ethyl adjacent to an activating group) is 1. The van der Waals surface area contributed by atoms with E-state index in [0.29, 0.717) is 23.5 Å². The topological polar surface area (TPSA) is 63.4 Å². The molecule has 2 aliphatic rings. The van der Waals surface area contributed by atoms with Crippen LogP contribution in [0, 0.1) is 11.3 Å². The first-order chi connectivity index (χ1) is 9.60. The first-order valence-electron chi connectivity index (χ1n) is 8.23. The van der Waals surface area contributed by atoms with E-state index >= 15 is 0 Å². The first-order valence-corrected chi connectivity index (χ1v) is 10.1. The Balaban J connectivity index is 2.06. The third-order valence-electron chi connectivity index (χ3n) is 6.03. The average molecular weight is 317 g/mol. The van der Waals surface area contributed by atoms with Gasteiger partial charge in [-0.25, -0.2) is 8.42 Å². The van der Waals surface area contributed by atoms with Crippen molar-refractivity contribution in [2.75, 3.05) is 25.1 Å². The number of nitrogens with two attached hydrogens (primary N) is 1. The van der Waals surface area contributed by atoms with Gasteiger partial charge < -0.3 is 5.73 Å². The maximum absolute atomic E-state index is 11.7. The molecule has 21 heavy (non-hydrogen) atoms. The fourth-order valence-electron chi connectivity index (χ4n) is 4.19. The lowest BCUT2D eigenvalue weighted by Crippen LogP contribution is -2.58. The van der Waals surface area contributed by atoms with Crippen molar-refractivity contribution in [1.82, 2.24) is 4.90 Å². The monoisotopic (exact) mass is 316 g/mol. The molecule has 0 spiro atoms. The normalized spacial score (nSPS) is 37.0. The van der Waals surface area contributed by atoms with Gasteiger partial charge >= 0.3 is 0 Å². The van der Waals surface area contributed by atoms with Gasteiger partial charge in [-0.2, -0.15) is 0 Å². The summed E-state index contributed by atoms with van der Waals surface area (Å²) in [6, 6.07) is 0.157. The van der Waals surface area contributed by atoms with E-state index < -0.39 is 9.84 Å². The summed E-state index contributed by atoms with van der Waals surface area (Å²) in [5, 5.41) is 0. The number of sulfone groups is 1. The molecule has 1 saturated heterocycles. The van der Waals surface area contributed by atoms with E-state index in [-0.39, 0.29) is 11.6 Å². The fourth-order valence-corrected chi connectivity index (χ4v) is 5.96. The molecule has 0 bridgehead atoms. The molecule has 1 heterocycles. The lowest BCUT2D eigenvalue weighted by molar-refractivity contribution is 0.0176. The van der Waals surface area contributed by atoms with E-state index in [1.54, 1.807) is 0 Å². The van der Waals surface area contributed by atoms with Crippen LogP contribution in [0.5, 0.6) is 0 Å². The van der Waals surface area contributed by atoms with Gasteiger partial charge in [-0.15, -0.1) is 0 Å². The number of nitrogens with zero attached hydrogens (tertiary/aromatic N) is 1. The maximum atomic E-state index is 11.7. The molecular formula is C16H32N2O2S. The lowest BCUT2D eigenvalue weighted by Gasteiger charge is -2.50. The van der Waals surface area contributed by atoms with Crippen LogP contribution in [-0.4, -0.2) is 50.0 Å². The van der Waals surface area contributed by atoms with Gasteiger partial charge in [-0.1, -0.05) is 20.8 Å². The Morgan fingerprint density at radius 3 is 2.14 bits per heavy atom. The summed E-state index contributed by atoms with van der Waals surface area (Å²) in [5.74, 6) is 1.40. The Hall–Kier alpha value is -0.130. The first kappa shape index (κ1) is 17.2. The highest BCUT2D eigenvalue weighted by Gasteiger charge is 2.44. The molecule has 0 amide bonds. The molecule has 2 N–H and O–H groups in total. The van der Waals surface area contributed by atoms with Crippen molar-refractivity contribution in [1.29, 1.82) is 0 Å². The molecule has 1 unspecified atom stereocenters.